The van der Waals surface area contributed by atoms with E-state index in [1.807, 2.05) is 24.3 Å². The molecule has 0 spiro atoms. The van der Waals surface area contributed by atoms with E-state index in [2.05, 4.69) is 32.2 Å². The highest BCUT2D eigenvalue weighted by atomic mass is 35.5. The van der Waals surface area contributed by atoms with Crippen LogP contribution in [0.25, 0.3) is 0 Å². The molecule has 1 N–H and O–H groups in total. The normalized spacial score (nSPS) is 28.1. The van der Waals surface area contributed by atoms with Crippen LogP contribution >= 0.6 is 23.2 Å². The largest absolute Gasteiger partial charge is 0.306 e. The van der Waals surface area contributed by atoms with Crippen molar-refractivity contribution < 1.29 is 4.39 Å². The highest BCUT2D eigenvalue weighted by molar-refractivity contribution is 6.31. The molecule has 4 unspecified atom stereocenters. The second kappa shape index (κ2) is 7.39. The molecule has 2 aromatic rings. The fourth-order valence-electron chi connectivity index (χ4n) is 5.05. The van der Waals surface area contributed by atoms with E-state index in [4.69, 9.17) is 23.2 Å². The molecule has 1 aliphatic carbocycles. The zero-order valence-electron chi connectivity index (χ0n) is 16.0. The fraction of sp³-hybridized carbons (Fsp3) is 0.478. The summed E-state index contributed by atoms with van der Waals surface area (Å²) in [6.45, 7) is 6.68. The highest BCUT2D eigenvalue weighted by Crippen LogP contribution is 2.54. The molecule has 0 amide bonds. The van der Waals surface area contributed by atoms with Crippen molar-refractivity contribution in [1.82, 2.24) is 5.32 Å². The molecule has 0 aromatic heterocycles. The maximum atomic E-state index is 15.0. The summed E-state index contributed by atoms with van der Waals surface area (Å²) in [6.07, 6.45) is 2.52. The quantitative estimate of drug-likeness (QED) is 0.581. The van der Waals surface area contributed by atoms with Gasteiger partial charge in [0, 0.05) is 28.6 Å². The Hall–Kier alpha value is -1.09. The Labute approximate surface area is 171 Å². The summed E-state index contributed by atoms with van der Waals surface area (Å²) in [6, 6.07) is 11.8. The van der Waals surface area contributed by atoms with Gasteiger partial charge in [-0.25, -0.2) is 4.39 Å². The standard InChI is InChI=1S/C23H26Cl2FN/c1-12(2)19-20(16-10-9-15(24)11-13(16)3)23(27-22(19)14-7-8-14)17-5-4-6-18(25)21(17)26/h4-6,9-12,14,19-20,22-23,27H,7-8H2,1-3H3. The van der Waals surface area contributed by atoms with Gasteiger partial charge in [-0.3, -0.25) is 0 Å². The summed E-state index contributed by atoms with van der Waals surface area (Å²) in [5, 5.41) is 4.76. The molecule has 0 bridgehead atoms. The third-order valence-corrected chi connectivity index (χ3v) is 6.89. The summed E-state index contributed by atoms with van der Waals surface area (Å²) in [5.74, 6) is 1.53. The van der Waals surface area contributed by atoms with Crippen molar-refractivity contribution in [3.05, 3.63) is 69.0 Å². The Kier molecular flexibility index (Phi) is 5.26. The first-order valence-electron chi connectivity index (χ1n) is 9.84. The molecule has 0 radical (unpaired) electrons. The molecular weight excluding hydrogens is 380 g/mol. The van der Waals surface area contributed by atoms with Crippen LogP contribution in [0.15, 0.2) is 36.4 Å². The fourth-order valence-corrected chi connectivity index (χ4v) is 5.46. The average molecular weight is 406 g/mol. The van der Waals surface area contributed by atoms with Gasteiger partial charge in [-0.05, 0) is 66.8 Å². The van der Waals surface area contributed by atoms with Crippen LogP contribution in [0.4, 0.5) is 4.39 Å². The van der Waals surface area contributed by atoms with Crippen LogP contribution in [0.3, 0.4) is 0 Å². The molecule has 1 nitrogen and oxygen atoms in total. The van der Waals surface area contributed by atoms with E-state index in [0.29, 0.717) is 29.4 Å². The number of aryl methyl sites for hydroxylation is 1. The highest BCUT2D eigenvalue weighted by Gasteiger charge is 2.51. The van der Waals surface area contributed by atoms with Gasteiger partial charge in [0.1, 0.15) is 5.82 Å². The summed E-state index contributed by atoms with van der Waals surface area (Å²) in [4.78, 5) is 0. The van der Waals surface area contributed by atoms with Crippen molar-refractivity contribution in [3.8, 4) is 0 Å². The lowest BCUT2D eigenvalue weighted by atomic mass is 9.72. The van der Waals surface area contributed by atoms with Crippen molar-refractivity contribution >= 4 is 23.2 Å². The summed E-state index contributed by atoms with van der Waals surface area (Å²) < 4.78 is 15.0. The van der Waals surface area contributed by atoms with Gasteiger partial charge in [0.05, 0.1) is 5.02 Å². The molecule has 1 saturated carbocycles. The van der Waals surface area contributed by atoms with Gasteiger partial charge in [0.2, 0.25) is 0 Å². The number of halogens is 3. The van der Waals surface area contributed by atoms with Crippen LogP contribution < -0.4 is 5.32 Å². The third-order valence-electron chi connectivity index (χ3n) is 6.37. The predicted molar refractivity (Wildman–Crippen MR) is 111 cm³/mol. The van der Waals surface area contributed by atoms with E-state index < -0.39 is 0 Å². The molecule has 2 fully saturated rings. The van der Waals surface area contributed by atoms with Crippen LogP contribution in [-0.2, 0) is 0 Å². The molecule has 1 aliphatic heterocycles. The number of benzene rings is 2. The van der Waals surface area contributed by atoms with Gasteiger partial charge in [-0.2, -0.15) is 0 Å². The lowest BCUT2D eigenvalue weighted by Crippen LogP contribution is -2.32. The average Bonchev–Trinajstić information content (AvgIpc) is 3.38. The van der Waals surface area contributed by atoms with Gasteiger partial charge >= 0.3 is 0 Å². The Balaban J connectivity index is 1.85. The maximum absolute atomic E-state index is 15.0. The second-order valence-corrected chi connectivity index (χ2v) is 9.34. The first-order valence-corrected chi connectivity index (χ1v) is 10.6. The lowest BCUT2D eigenvalue weighted by Gasteiger charge is -2.30. The molecule has 2 aromatic carbocycles. The summed E-state index contributed by atoms with van der Waals surface area (Å²) in [5.41, 5.74) is 3.11. The monoisotopic (exact) mass is 405 g/mol. The van der Waals surface area contributed by atoms with E-state index in [-0.39, 0.29) is 22.8 Å². The molecule has 144 valence electrons. The molecular formula is C23H26Cl2FN. The Morgan fingerprint density at radius 2 is 1.81 bits per heavy atom. The van der Waals surface area contributed by atoms with Crippen molar-refractivity contribution in [2.24, 2.45) is 17.8 Å². The van der Waals surface area contributed by atoms with Gasteiger partial charge in [0.15, 0.2) is 0 Å². The van der Waals surface area contributed by atoms with Crippen LogP contribution in [-0.4, -0.2) is 6.04 Å². The second-order valence-electron chi connectivity index (χ2n) is 8.50. The zero-order chi connectivity index (χ0) is 19.3. The van der Waals surface area contributed by atoms with Gasteiger partial charge in [0.25, 0.3) is 0 Å². The summed E-state index contributed by atoms with van der Waals surface area (Å²) in [7, 11) is 0. The van der Waals surface area contributed by atoms with Crippen molar-refractivity contribution in [2.75, 3.05) is 0 Å². The summed E-state index contributed by atoms with van der Waals surface area (Å²) >= 11 is 12.3. The SMILES string of the molecule is Cc1cc(Cl)ccc1C1C(c2cccc(Cl)c2F)NC(C2CC2)C1C(C)C. The Morgan fingerprint density at radius 3 is 2.44 bits per heavy atom. The van der Waals surface area contributed by atoms with E-state index in [9.17, 15) is 4.39 Å². The molecule has 1 saturated heterocycles. The minimum Gasteiger partial charge on any atom is -0.306 e. The molecule has 1 heterocycles. The van der Waals surface area contributed by atoms with Crippen LogP contribution in [0.1, 0.15) is 55.3 Å². The van der Waals surface area contributed by atoms with E-state index >= 15 is 0 Å². The topological polar surface area (TPSA) is 12.0 Å². The first-order chi connectivity index (χ1) is 12.9. The molecule has 27 heavy (non-hydrogen) atoms. The maximum Gasteiger partial charge on any atom is 0.146 e. The first kappa shape index (κ1) is 19.2. The third kappa shape index (κ3) is 3.52. The minimum atomic E-state index is -0.299. The van der Waals surface area contributed by atoms with Gasteiger partial charge in [-0.15, -0.1) is 0 Å². The number of rotatable bonds is 4. The van der Waals surface area contributed by atoms with Crippen LogP contribution in [0, 0.1) is 30.5 Å². The van der Waals surface area contributed by atoms with E-state index in [0.717, 1.165) is 5.02 Å². The number of hydrogen-bond donors (Lipinski definition) is 1. The number of nitrogens with one attached hydrogen (secondary N) is 1. The Morgan fingerprint density at radius 1 is 1.07 bits per heavy atom. The van der Waals surface area contributed by atoms with E-state index in [1.165, 1.54) is 24.0 Å². The molecule has 4 heteroatoms. The molecule has 4 rings (SSSR count). The van der Waals surface area contributed by atoms with Crippen molar-refractivity contribution in [1.29, 1.82) is 0 Å². The Bertz CT molecular complexity index is 846. The lowest BCUT2D eigenvalue weighted by molar-refractivity contribution is 0.292. The minimum absolute atomic E-state index is 0.0819. The zero-order valence-corrected chi connectivity index (χ0v) is 17.5. The molecule has 2 aliphatic rings. The molecule has 4 atom stereocenters. The number of hydrogen-bond acceptors (Lipinski definition) is 1. The van der Waals surface area contributed by atoms with Gasteiger partial charge in [-0.1, -0.05) is 55.2 Å². The van der Waals surface area contributed by atoms with E-state index in [1.54, 1.807) is 6.07 Å². The van der Waals surface area contributed by atoms with Crippen LogP contribution in [0.2, 0.25) is 10.0 Å². The van der Waals surface area contributed by atoms with Crippen LogP contribution in [0.5, 0.6) is 0 Å². The van der Waals surface area contributed by atoms with Crippen molar-refractivity contribution in [3.63, 3.8) is 0 Å². The predicted octanol–water partition coefficient (Wildman–Crippen LogP) is 6.92. The van der Waals surface area contributed by atoms with Crippen molar-refractivity contribution in [2.45, 2.75) is 51.6 Å². The van der Waals surface area contributed by atoms with Gasteiger partial charge < -0.3 is 5.32 Å². The smallest absolute Gasteiger partial charge is 0.146 e.